The molecule has 6 nitrogen and oxygen atoms in total. The highest BCUT2D eigenvalue weighted by Crippen LogP contribution is 2.07. The molecule has 0 aliphatic rings. The Morgan fingerprint density at radius 1 is 0.923 bits per heavy atom. The van der Waals surface area contributed by atoms with Crippen molar-refractivity contribution in [3.63, 3.8) is 0 Å². The Kier molecular flexibility index (Phi) is 10.8. The highest BCUT2D eigenvalue weighted by atomic mass is 16.6. The Balaban J connectivity index is 2.34. The molecular weight excluding hydrogens is 330 g/mol. The number of nitrogens with zero attached hydrogens (tertiary/aromatic N) is 1. The molecule has 0 spiro atoms. The first-order valence-corrected chi connectivity index (χ1v) is 9.34. The summed E-state index contributed by atoms with van der Waals surface area (Å²) in [6, 6.07) is 7.35. The molecule has 1 rings (SSSR count). The fourth-order valence-electron chi connectivity index (χ4n) is 2.29. The molecule has 144 valence electrons. The SMILES string of the molecule is CCCCCNC(=O)c1ccc(C(C)=NOCCCCNC(C)=O)cc1. The van der Waals surface area contributed by atoms with Gasteiger partial charge in [-0.25, -0.2) is 0 Å². The lowest BCUT2D eigenvalue weighted by molar-refractivity contribution is -0.118. The molecule has 0 heterocycles. The van der Waals surface area contributed by atoms with Crippen LogP contribution in [0.5, 0.6) is 0 Å². The summed E-state index contributed by atoms with van der Waals surface area (Å²) < 4.78 is 0. The lowest BCUT2D eigenvalue weighted by Crippen LogP contribution is -2.24. The minimum absolute atomic E-state index is 0.0159. The van der Waals surface area contributed by atoms with Gasteiger partial charge in [0.25, 0.3) is 5.91 Å². The van der Waals surface area contributed by atoms with Crippen LogP contribution in [-0.4, -0.2) is 37.2 Å². The summed E-state index contributed by atoms with van der Waals surface area (Å²) >= 11 is 0. The van der Waals surface area contributed by atoms with Crippen molar-refractivity contribution in [2.45, 2.75) is 52.9 Å². The molecule has 26 heavy (non-hydrogen) atoms. The van der Waals surface area contributed by atoms with E-state index in [1.807, 2.05) is 19.1 Å². The molecule has 2 N–H and O–H groups in total. The monoisotopic (exact) mass is 361 g/mol. The zero-order valence-electron chi connectivity index (χ0n) is 16.1. The summed E-state index contributed by atoms with van der Waals surface area (Å²) in [6.45, 7) is 7.39. The molecule has 0 aliphatic carbocycles. The number of hydrogen-bond donors (Lipinski definition) is 2. The average Bonchev–Trinajstić information content (AvgIpc) is 2.64. The van der Waals surface area contributed by atoms with Crippen LogP contribution >= 0.6 is 0 Å². The fraction of sp³-hybridized carbons (Fsp3) is 0.550. The largest absolute Gasteiger partial charge is 0.396 e. The first kappa shape index (κ1) is 21.7. The molecule has 0 aliphatic heterocycles. The molecule has 0 saturated carbocycles. The van der Waals surface area contributed by atoms with Gasteiger partial charge in [-0.2, -0.15) is 0 Å². The zero-order chi connectivity index (χ0) is 19.2. The molecule has 0 saturated heterocycles. The van der Waals surface area contributed by atoms with E-state index in [2.05, 4.69) is 22.7 Å². The van der Waals surface area contributed by atoms with Gasteiger partial charge in [0.2, 0.25) is 5.91 Å². The summed E-state index contributed by atoms with van der Waals surface area (Å²) in [5.41, 5.74) is 2.34. The predicted molar refractivity (Wildman–Crippen MR) is 104 cm³/mol. The molecule has 0 bridgehead atoms. The Morgan fingerprint density at radius 2 is 1.54 bits per heavy atom. The Bertz CT molecular complexity index is 582. The van der Waals surface area contributed by atoms with Gasteiger partial charge in [0, 0.05) is 25.6 Å². The third kappa shape index (κ3) is 9.20. The molecule has 6 heteroatoms. The minimum atomic E-state index is -0.0438. The second-order valence-electron chi connectivity index (χ2n) is 6.24. The Labute approximate surface area is 156 Å². The van der Waals surface area contributed by atoms with Crippen LogP contribution in [0.1, 0.15) is 68.8 Å². The van der Waals surface area contributed by atoms with Gasteiger partial charge in [0.15, 0.2) is 0 Å². The van der Waals surface area contributed by atoms with Crippen LogP contribution in [-0.2, 0) is 9.63 Å². The number of hydrogen-bond acceptors (Lipinski definition) is 4. The van der Waals surface area contributed by atoms with Gasteiger partial charge in [-0.05, 0) is 43.9 Å². The highest BCUT2D eigenvalue weighted by Gasteiger charge is 2.05. The third-order valence-corrected chi connectivity index (χ3v) is 3.87. The number of nitrogens with one attached hydrogen (secondary N) is 2. The summed E-state index contributed by atoms with van der Waals surface area (Å²) in [7, 11) is 0. The molecular formula is C20H31N3O3. The van der Waals surface area contributed by atoms with E-state index in [-0.39, 0.29) is 11.8 Å². The number of amides is 2. The standard InChI is InChI=1S/C20H31N3O3/c1-4-5-6-14-22-20(25)19-11-9-18(10-12-19)16(2)23-26-15-8-7-13-21-17(3)24/h9-12H,4-8,13-15H2,1-3H3,(H,21,24)(H,22,25). The fourth-order valence-corrected chi connectivity index (χ4v) is 2.29. The predicted octanol–water partition coefficient (Wildman–Crippen LogP) is 3.26. The number of oxime groups is 1. The minimum Gasteiger partial charge on any atom is -0.396 e. The molecule has 1 aromatic carbocycles. The van der Waals surface area contributed by atoms with Gasteiger partial charge >= 0.3 is 0 Å². The van der Waals surface area contributed by atoms with E-state index in [0.29, 0.717) is 25.3 Å². The van der Waals surface area contributed by atoms with E-state index < -0.39 is 0 Å². The Morgan fingerprint density at radius 3 is 2.19 bits per heavy atom. The number of rotatable bonds is 12. The maximum Gasteiger partial charge on any atom is 0.251 e. The lowest BCUT2D eigenvalue weighted by atomic mass is 10.1. The van der Waals surface area contributed by atoms with E-state index in [1.165, 1.54) is 6.92 Å². The van der Waals surface area contributed by atoms with Crippen molar-refractivity contribution in [2.24, 2.45) is 5.16 Å². The quantitative estimate of drug-likeness (QED) is 0.341. The third-order valence-electron chi connectivity index (χ3n) is 3.87. The van der Waals surface area contributed by atoms with Gasteiger partial charge in [-0.1, -0.05) is 37.1 Å². The molecule has 0 aromatic heterocycles. The lowest BCUT2D eigenvalue weighted by Gasteiger charge is -2.06. The summed E-state index contributed by atoms with van der Waals surface area (Å²) in [5.74, 6) is -0.0597. The molecule has 0 radical (unpaired) electrons. The smallest absolute Gasteiger partial charge is 0.251 e. The van der Waals surface area contributed by atoms with Gasteiger partial charge in [0.1, 0.15) is 6.61 Å². The van der Waals surface area contributed by atoms with Crippen molar-refractivity contribution in [3.05, 3.63) is 35.4 Å². The summed E-state index contributed by atoms with van der Waals surface area (Å²) in [6.07, 6.45) is 4.96. The van der Waals surface area contributed by atoms with Gasteiger partial charge < -0.3 is 15.5 Å². The van der Waals surface area contributed by atoms with Crippen molar-refractivity contribution in [1.82, 2.24) is 10.6 Å². The average molecular weight is 361 g/mol. The van der Waals surface area contributed by atoms with Crippen molar-refractivity contribution in [1.29, 1.82) is 0 Å². The summed E-state index contributed by atoms with van der Waals surface area (Å²) in [5, 5.41) is 9.77. The maximum absolute atomic E-state index is 12.0. The number of benzene rings is 1. The number of carbonyl (C=O) groups excluding carboxylic acids is 2. The van der Waals surface area contributed by atoms with E-state index in [0.717, 1.165) is 43.4 Å². The number of carbonyl (C=O) groups is 2. The van der Waals surface area contributed by atoms with Crippen LogP contribution in [0.4, 0.5) is 0 Å². The summed E-state index contributed by atoms with van der Waals surface area (Å²) in [4.78, 5) is 28.1. The van der Waals surface area contributed by atoms with Gasteiger partial charge in [-0.3, -0.25) is 9.59 Å². The van der Waals surface area contributed by atoms with Crippen LogP contribution in [0, 0.1) is 0 Å². The number of unbranched alkanes of at least 4 members (excludes halogenated alkanes) is 3. The second kappa shape index (κ2) is 12.9. The van der Waals surface area contributed by atoms with Gasteiger partial charge in [-0.15, -0.1) is 0 Å². The van der Waals surface area contributed by atoms with Crippen LogP contribution in [0.15, 0.2) is 29.4 Å². The zero-order valence-corrected chi connectivity index (χ0v) is 16.1. The molecule has 0 atom stereocenters. The maximum atomic E-state index is 12.0. The normalized spacial score (nSPS) is 11.1. The molecule has 1 aromatic rings. The first-order chi connectivity index (χ1) is 12.5. The van der Waals surface area contributed by atoms with E-state index in [4.69, 9.17) is 4.84 Å². The molecule has 0 fully saturated rings. The first-order valence-electron chi connectivity index (χ1n) is 9.34. The van der Waals surface area contributed by atoms with E-state index in [9.17, 15) is 9.59 Å². The highest BCUT2D eigenvalue weighted by molar-refractivity contribution is 6.00. The topological polar surface area (TPSA) is 79.8 Å². The van der Waals surface area contributed by atoms with E-state index in [1.54, 1.807) is 12.1 Å². The van der Waals surface area contributed by atoms with Crippen LogP contribution in [0.3, 0.4) is 0 Å². The van der Waals surface area contributed by atoms with Crippen molar-refractivity contribution < 1.29 is 14.4 Å². The Hall–Kier alpha value is -2.37. The van der Waals surface area contributed by atoms with E-state index >= 15 is 0 Å². The molecule has 2 amide bonds. The van der Waals surface area contributed by atoms with Crippen molar-refractivity contribution in [2.75, 3.05) is 19.7 Å². The van der Waals surface area contributed by atoms with Crippen LogP contribution in [0.25, 0.3) is 0 Å². The second-order valence-corrected chi connectivity index (χ2v) is 6.24. The van der Waals surface area contributed by atoms with Gasteiger partial charge in [0.05, 0.1) is 5.71 Å². The van der Waals surface area contributed by atoms with Crippen LogP contribution in [0.2, 0.25) is 0 Å². The van der Waals surface area contributed by atoms with Crippen molar-refractivity contribution >= 4 is 17.5 Å². The van der Waals surface area contributed by atoms with Crippen LogP contribution < -0.4 is 10.6 Å². The van der Waals surface area contributed by atoms with Crippen molar-refractivity contribution in [3.8, 4) is 0 Å². The molecule has 0 unspecified atom stereocenters.